The van der Waals surface area contributed by atoms with Crippen molar-refractivity contribution in [3.05, 3.63) is 35.5 Å². The fraction of sp³-hybridized carbons (Fsp3) is 0.667. The number of hydrogen-bond donors (Lipinski definition) is 3. The molecule has 2 heterocycles. The number of aliphatic hydroxyl groups excluding tert-OH is 2. The zero-order valence-corrected chi connectivity index (χ0v) is 18.6. The molecule has 3 rings (SSSR count). The van der Waals surface area contributed by atoms with Crippen molar-refractivity contribution in [2.24, 2.45) is 23.7 Å². The monoisotopic (exact) mass is 417 g/mol. The molecule has 1 spiro atoms. The highest BCUT2D eigenvalue weighted by molar-refractivity contribution is 5.94. The Hall–Kier alpha value is -1.92. The van der Waals surface area contributed by atoms with Gasteiger partial charge in [-0.2, -0.15) is 0 Å². The molecule has 1 fully saturated rings. The van der Waals surface area contributed by atoms with E-state index in [-0.39, 0.29) is 29.7 Å². The highest BCUT2D eigenvalue weighted by Gasteiger charge is 2.64. The number of ether oxygens (including phenoxy) is 1. The smallest absolute Gasteiger partial charge is 0.331 e. The van der Waals surface area contributed by atoms with Crippen LogP contribution in [0.1, 0.15) is 53.9 Å². The van der Waals surface area contributed by atoms with Crippen molar-refractivity contribution in [2.45, 2.75) is 77.7 Å². The van der Waals surface area contributed by atoms with E-state index < -0.39 is 23.8 Å². The largest absolute Gasteiger partial charge is 0.444 e. The van der Waals surface area contributed by atoms with Crippen molar-refractivity contribution in [3.63, 3.8) is 0 Å². The van der Waals surface area contributed by atoms with E-state index in [4.69, 9.17) is 4.74 Å². The SMILES string of the molecule is CC1=C[C@@H]2/C=C(/C)CC[C@@H](O)[C@@H](O)/C=C\C(=O)O[C@]23C(=O)N[C@@H](CC(C)C)[C@@H]3[C@@H]1C. The maximum Gasteiger partial charge on any atom is 0.331 e. The van der Waals surface area contributed by atoms with Crippen molar-refractivity contribution in [1.82, 2.24) is 5.32 Å². The molecule has 3 aliphatic rings. The van der Waals surface area contributed by atoms with Crippen LogP contribution in [0.3, 0.4) is 0 Å². The molecule has 166 valence electrons. The fourth-order valence-corrected chi connectivity index (χ4v) is 5.27. The molecule has 2 aliphatic heterocycles. The number of amides is 1. The molecule has 1 aliphatic carbocycles. The van der Waals surface area contributed by atoms with Gasteiger partial charge in [-0.05, 0) is 51.0 Å². The molecule has 0 aromatic rings. The van der Waals surface area contributed by atoms with Gasteiger partial charge in [-0.3, -0.25) is 4.79 Å². The predicted molar refractivity (Wildman–Crippen MR) is 114 cm³/mol. The first-order valence-corrected chi connectivity index (χ1v) is 11.0. The van der Waals surface area contributed by atoms with Gasteiger partial charge in [0.05, 0.1) is 12.2 Å². The van der Waals surface area contributed by atoms with Crippen molar-refractivity contribution < 1.29 is 24.5 Å². The number of carbonyl (C=O) groups is 2. The van der Waals surface area contributed by atoms with E-state index in [1.807, 2.05) is 13.0 Å². The zero-order valence-electron chi connectivity index (χ0n) is 18.6. The summed E-state index contributed by atoms with van der Waals surface area (Å²) >= 11 is 0. The molecule has 6 nitrogen and oxygen atoms in total. The number of rotatable bonds is 2. The Morgan fingerprint density at radius 1 is 1.23 bits per heavy atom. The summed E-state index contributed by atoms with van der Waals surface area (Å²) in [5.74, 6) is -1.02. The molecule has 6 heteroatoms. The Morgan fingerprint density at radius 3 is 2.60 bits per heavy atom. The van der Waals surface area contributed by atoms with Crippen molar-refractivity contribution >= 4 is 11.9 Å². The normalized spacial score (nSPS) is 42.5. The predicted octanol–water partition coefficient (Wildman–Crippen LogP) is 2.66. The third-order valence-electron chi connectivity index (χ3n) is 6.91. The highest BCUT2D eigenvalue weighted by Crippen LogP contribution is 2.50. The highest BCUT2D eigenvalue weighted by atomic mass is 16.6. The summed E-state index contributed by atoms with van der Waals surface area (Å²) in [4.78, 5) is 26.2. The van der Waals surface area contributed by atoms with Gasteiger partial charge < -0.3 is 20.3 Å². The topological polar surface area (TPSA) is 95.9 Å². The van der Waals surface area contributed by atoms with Gasteiger partial charge in [-0.15, -0.1) is 0 Å². The fourth-order valence-electron chi connectivity index (χ4n) is 5.27. The lowest BCUT2D eigenvalue weighted by atomic mass is 9.63. The van der Waals surface area contributed by atoms with Crippen molar-refractivity contribution in [3.8, 4) is 0 Å². The summed E-state index contributed by atoms with van der Waals surface area (Å²) in [6.07, 6.45) is 6.06. The van der Waals surface area contributed by atoms with Gasteiger partial charge in [0.2, 0.25) is 5.60 Å². The molecule has 0 unspecified atom stereocenters. The second-order valence-corrected chi connectivity index (χ2v) is 9.64. The molecule has 0 aromatic carbocycles. The number of allylic oxidation sites excluding steroid dienone is 2. The number of esters is 1. The van der Waals surface area contributed by atoms with Gasteiger partial charge in [0, 0.05) is 24.0 Å². The molecule has 3 N–H and O–H groups in total. The maximum atomic E-state index is 13.4. The van der Waals surface area contributed by atoms with Crippen molar-refractivity contribution in [2.75, 3.05) is 0 Å². The van der Waals surface area contributed by atoms with Crippen LogP contribution in [-0.4, -0.2) is 45.9 Å². The van der Waals surface area contributed by atoms with Gasteiger partial charge in [-0.25, -0.2) is 4.79 Å². The average Bonchev–Trinajstić information content (AvgIpc) is 2.93. The van der Waals surface area contributed by atoms with Crippen LogP contribution < -0.4 is 5.32 Å². The molecular formula is C24H35NO5. The summed E-state index contributed by atoms with van der Waals surface area (Å²) in [5, 5.41) is 23.4. The van der Waals surface area contributed by atoms with Crippen LogP contribution in [0.15, 0.2) is 35.5 Å². The molecule has 7 atom stereocenters. The van der Waals surface area contributed by atoms with E-state index in [0.29, 0.717) is 18.8 Å². The molecular weight excluding hydrogens is 382 g/mol. The first kappa shape index (κ1) is 22.8. The number of carbonyl (C=O) groups excluding carboxylic acids is 2. The van der Waals surface area contributed by atoms with Crippen LogP contribution in [-0.2, 0) is 14.3 Å². The molecule has 30 heavy (non-hydrogen) atoms. The Bertz CT molecular complexity index is 782. The Balaban J connectivity index is 2.13. The van der Waals surface area contributed by atoms with Crippen LogP contribution in [0.5, 0.6) is 0 Å². The minimum absolute atomic E-state index is 0.0785. The second-order valence-electron chi connectivity index (χ2n) is 9.64. The third-order valence-corrected chi connectivity index (χ3v) is 6.91. The quantitative estimate of drug-likeness (QED) is 0.474. The molecule has 0 aromatic heterocycles. The van der Waals surface area contributed by atoms with E-state index in [9.17, 15) is 19.8 Å². The molecule has 0 saturated carbocycles. The van der Waals surface area contributed by atoms with Crippen LogP contribution in [0.25, 0.3) is 0 Å². The van der Waals surface area contributed by atoms with Crippen LogP contribution in [0.4, 0.5) is 0 Å². The maximum absolute atomic E-state index is 13.4. The third kappa shape index (κ3) is 4.12. The minimum Gasteiger partial charge on any atom is -0.444 e. The second kappa shape index (κ2) is 8.67. The van der Waals surface area contributed by atoms with E-state index >= 15 is 0 Å². The Labute approximate surface area is 179 Å². The lowest BCUT2D eigenvalue weighted by molar-refractivity contribution is -0.172. The van der Waals surface area contributed by atoms with Gasteiger partial charge in [0.15, 0.2) is 0 Å². The lowest BCUT2D eigenvalue weighted by Gasteiger charge is -2.45. The molecule has 0 radical (unpaired) electrons. The Kier molecular flexibility index (Phi) is 6.58. The van der Waals surface area contributed by atoms with Gasteiger partial charge in [0.1, 0.15) is 0 Å². The van der Waals surface area contributed by atoms with Crippen LogP contribution in [0.2, 0.25) is 0 Å². The molecule has 0 bridgehead atoms. The summed E-state index contributed by atoms with van der Waals surface area (Å²) in [7, 11) is 0. The number of nitrogens with one attached hydrogen (secondary N) is 1. The van der Waals surface area contributed by atoms with Gasteiger partial charge in [-0.1, -0.05) is 44.1 Å². The summed E-state index contributed by atoms with van der Waals surface area (Å²) in [6.45, 7) is 10.4. The summed E-state index contributed by atoms with van der Waals surface area (Å²) < 4.78 is 5.99. The zero-order chi connectivity index (χ0) is 22.2. The average molecular weight is 418 g/mol. The summed E-state index contributed by atoms with van der Waals surface area (Å²) in [5.41, 5.74) is 0.858. The molecule has 1 saturated heterocycles. The summed E-state index contributed by atoms with van der Waals surface area (Å²) in [6, 6.07) is -0.0792. The minimum atomic E-state index is -1.32. The Morgan fingerprint density at radius 2 is 1.93 bits per heavy atom. The standard InChI is InChI=1S/C24H35NO5/c1-13(2)10-18-22-16(5)15(4)12-17-11-14(3)6-7-19(26)20(27)8-9-21(28)30-24(17,22)23(29)25-18/h8-9,11-13,16-20,22,26-27H,6-7,10H2,1-5H3,(H,25,29)/b9-8-,14-11-/t16-,17+,18+,19-,20+,22+,24-/m1/s1. The van der Waals surface area contributed by atoms with E-state index in [0.717, 1.165) is 18.1 Å². The lowest BCUT2D eigenvalue weighted by Crippen LogP contribution is -2.56. The van der Waals surface area contributed by atoms with E-state index in [1.54, 1.807) is 0 Å². The first-order valence-electron chi connectivity index (χ1n) is 11.0. The number of hydrogen-bond acceptors (Lipinski definition) is 5. The first-order chi connectivity index (χ1) is 14.1. The number of aliphatic hydroxyl groups is 2. The van der Waals surface area contributed by atoms with Crippen molar-refractivity contribution in [1.29, 1.82) is 0 Å². The van der Waals surface area contributed by atoms with E-state index in [1.165, 1.54) is 11.6 Å². The van der Waals surface area contributed by atoms with Gasteiger partial charge in [0.25, 0.3) is 5.91 Å². The van der Waals surface area contributed by atoms with E-state index in [2.05, 4.69) is 39.1 Å². The molecule has 1 amide bonds. The van der Waals surface area contributed by atoms with Crippen LogP contribution >= 0.6 is 0 Å². The van der Waals surface area contributed by atoms with Gasteiger partial charge >= 0.3 is 5.97 Å². The van der Waals surface area contributed by atoms with Crippen LogP contribution in [0, 0.1) is 23.7 Å².